The molecule has 0 bridgehead atoms. The maximum absolute atomic E-state index is 5.47. The Kier molecular flexibility index (Phi) is 5.12. The first-order chi connectivity index (χ1) is 9.65. The van der Waals surface area contributed by atoms with Crippen LogP contribution in [0.2, 0.25) is 0 Å². The molecule has 0 spiro atoms. The van der Waals surface area contributed by atoms with Crippen molar-refractivity contribution in [2.75, 3.05) is 0 Å². The summed E-state index contributed by atoms with van der Waals surface area (Å²) in [5.41, 5.74) is 0.979. The van der Waals surface area contributed by atoms with Gasteiger partial charge in [0.05, 0.1) is 25.0 Å². The van der Waals surface area contributed by atoms with Gasteiger partial charge in [0.2, 0.25) is 0 Å². The highest BCUT2D eigenvalue weighted by Gasteiger charge is 2.13. The fourth-order valence-electron chi connectivity index (χ4n) is 1.82. The number of thiocarbonyl (C=S) groups is 1. The fourth-order valence-corrected chi connectivity index (χ4v) is 2.18. The summed E-state index contributed by atoms with van der Waals surface area (Å²) >= 11 is 5.47. The van der Waals surface area contributed by atoms with Crippen LogP contribution < -0.4 is 5.32 Å². The first-order valence-electron chi connectivity index (χ1n) is 6.63. The summed E-state index contributed by atoms with van der Waals surface area (Å²) in [6, 6.07) is 10.0. The van der Waals surface area contributed by atoms with E-state index in [1.807, 2.05) is 30.3 Å². The van der Waals surface area contributed by atoms with E-state index < -0.39 is 0 Å². The van der Waals surface area contributed by atoms with E-state index in [1.54, 1.807) is 12.5 Å². The summed E-state index contributed by atoms with van der Waals surface area (Å²) in [5, 5.41) is 3.97. The fraction of sp³-hybridized carbons (Fsp3) is 0.333. The lowest BCUT2D eigenvalue weighted by atomic mass is 10.3. The minimum absolute atomic E-state index is 0.297. The first kappa shape index (κ1) is 14.5. The van der Waals surface area contributed by atoms with Gasteiger partial charge in [-0.3, -0.25) is 4.98 Å². The number of pyridine rings is 1. The highest BCUT2D eigenvalue weighted by Crippen LogP contribution is 2.10. The molecule has 0 aromatic carbocycles. The van der Waals surface area contributed by atoms with Gasteiger partial charge in [-0.2, -0.15) is 0 Å². The van der Waals surface area contributed by atoms with E-state index in [1.165, 1.54) is 0 Å². The summed E-state index contributed by atoms with van der Waals surface area (Å²) in [5.74, 6) is 0.883. The predicted molar refractivity (Wildman–Crippen MR) is 83.1 cm³/mol. The van der Waals surface area contributed by atoms with Crippen LogP contribution in [-0.4, -0.2) is 21.0 Å². The van der Waals surface area contributed by atoms with Crippen LogP contribution >= 0.6 is 12.2 Å². The van der Waals surface area contributed by atoms with Gasteiger partial charge >= 0.3 is 0 Å². The molecule has 0 radical (unpaired) electrons. The average molecular weight is 289 g/mol. The van der Waals surface area contributed by atoms with E-state index in [0.717, 1.165) is 11.5 Å². The molecule has 1 N–H and O–H groups in total. The highest BCUT2D eigenvalue weighted by molar-refractivity contribution is 7.80. The second kappa shape index (κ2) is 7.05. The lowest BCUT2D eigenvalue weighted by molar-refractivity contribution is 0.345. The number of nitrogens with zero attached hydrogens (tertiary/aromatic N) is 2. The third-order valence-electron chi connectivity index (χ3n) is 2.71. The highest BCUT2D eigenvalue weighted by atomic mass is 32.1. The molecule has 106 valence electrons. The number of hydrogen-bond donors (Lipinski definition) is 1. The number of nitrogens with one attached hydrogen (secondary N) is 1. The Morgan fingerprint density at radius 3 is 2.75 bits per heavy atom. The SMILES string of the molecule is CC(C)NC(=S)N(Cc1ccccn1)Cc1ccco1. The zero-order chi connectivity index (χ0) is 14.4. The second-order valence-electron chi connectivity index (χ2n) is 4.86. The normalized spacial score (nSPS) is 10.6. The lowest BCUT2D eigenvalue weighted by Gasteiger charge is -2.26. The van der Waals surface area contributed by atoms with Crippen molar-refractivity contribution in [2.45, 2.75) is 33.0 Å². The molecule has 0 aliphatic carbocycles. The van der Waals surface area contributed by atoms with E-state index in [4.69, 9.17) is 16.6 Å². The van der Waals surface area contributed by atoms with E-state index in [9.17, 15) is 0 Å². The standard InChI is InChI=1S/C15H19N3OS/c1-12(2)17-15(20)18(11-14-7-5-9-19-14)10-13-6-3-4-8-16-13/h3-9,12H,10-11H2,1-2H3,(H,17,20). The molecule has 2 heterocycles. The van der Waals surface area contributed by atoms with Crippen molar-refractivity contribution in [3.8, 4) is 0 Å². The minimum Gasteiger partial charge on any atom is -0.467 e. The number of aromatic nitrogens is 1. The number of rotatable bonds is 5. The average Bonchev–Trinajstić information content (AvgIpc) is 2.91. The van der Waals surface area contributed by atoms with E-state index in [2.05, 4.69) is 29.0 Å². The summed E-state index contributed by atoms with van der Waals surface area (Å²) in [7, 11) is 0. The molecule has 2 aromatic rings. The van der Waals surface area contributed by atoms with Crippen LogP contribution in [0.3, 0.4) is 0 Å². The van der Waals surface area contributed by atoms with Gasteiger partial charge in [-0.05, 0) is 50.3 Å². The molecule has 0 amide bonds. The van der Waals surface area contributed by atoms with Gasteiger partial charge in [0.15, 0.2) is 5.11 Å². The second-order valence-corrected chi connectivity index (χ2v) is 5.25. The number of hydrogen-bond acceptors (Lipinski definition) is 3. The van der Waals surface area contributed by atoms with Gasteiger partial charge in [0, 0.05) is 12.2 Å². The molecular formula is C15H19N3OS. The molecular weight excluding hydrogens is 270 g/mol. The van der Waals surface area contributed by atoms with Crippen molar-refractivity contribution < 1.29 is 4.42 Å². The molecule has 0 aliphatic heterocycles. The smallest absolute Gasteiger partial charge is 0.169 e. The third-order valence-corrected chi connectivity index (χ3v) is 3.08. The zero-order valence-corrected chi connectivity index (χ0v) is 12.6. The predicted octanol–water partition coefficient (Wildman–Crippen LogP) is 2.96. The Labute approximate surface area is 124 Å². The zero-order valence-electron chi connectivity index (χ0n) is 11.7. The lowest BCUT2D eigenvalue weighted by Crippen LogP contribution is -2.42. The summed E-state index contributed by atoms with van der Waals surface area (Å²) in [6.45, 7) is 5.42. The van der Waals surface area contributed by atoms with Crippen molar-refractivity contribution in [1.29, 1.82) is 0 Å². The van der Waals surface area contributed by atoms with Gasteiger partial charge in [-0.15, -0.1) is 0 Å². The van der Waals surface area contributed by atoms with Crippen molar-refractivity contribution in [3.05, 3.63) is 54.2 Å². The van der Waals surface area contributed by atoms with E-state index in [0.29, 0.717) is 24.2 Å². The molecule has 0 atom stereocenters. The molecule has 2 aromatic heterocycles. The molecule has 0 fully saturated rings. The van der Waals surface area contributed by atoms with Gasteiger partial charge in [0.1, 0.15) is 5.76 Å². The molecule has 0 unspecified atom stereocenters. The van der Waals surface area contributed by atoms with Crippen molar-refractivity contribution in [1.82, 2.24) is 15.2 Å². The topological polar surface area (TPSA) is 41.3 Å². The molecule has 2 rings (SSSR count). The molecule has 0 saturated heterocycles. The maximum atomic E-state index is 5.47. The van der Waals surface area contributed by atoms with Crippen molar-refractivity contribution >= 4 is 17.3 Å². The van der Waals surface area contributed by atoms with Crippen molar-refractivity contribution in [3.63, 3.8) is 0 Å². The summed E-state index contributed by atoms with van der Waals surface area (Å²) in [4.78, 5) is 6.40. The minimum atomic E-state index is 0.297. The Hall–Kier alpha value is -1.88. The molecule has 20 heavy (non-hydrogen) atoms. The van der Waals surface area contributed by atoms with Crippen LogP contribution in [0.15, 0.2) is 47.2 Å². The quantitative estimate of drug-likeness (QED) is 0.857. The van der Waals surface area contributed by atoms with Crippen LogP contribution in [0.25, 0.3) is 0 Å². The van der Waals surface area contributed by atoms with Crippen LogP contribution in [0.1, 0.15) is 25.3 Å². The third kappa shape index (κ3) is 4.35. The van der Waals surface area contributed by atoms with Crippen LogP contribution in [0.4, 0.5) is 0 Å². The molecule has 4 nitrogen and oxygen atoms in total. The van der Waals surface area contributed by atoms with Crippen LogP contribution in [-0.2, 0) is 13.1 Å². The Balaban J connectivity index is 2.09. The van der Waals surface area contributed by atoms with E-state index >= 15 is 0 Å². The Bertz CT molecular complexity index is 525. The Morgan fingerprint density at radius 1 is 1.30 bits per heavy atom. The summed E-state index contributed by atoms with van der Waals surface area (Å²) < 4.78 is 5.41. The van der Waals surface area contributed by atoms with Gasteiger partial charge in [-0.1, -0.05) is 6.07 Å². The molecule has 0 saturated carbocycles. The largest absolute Gasteiger partial charge is 0.467 e. The van der Waals surface area contributed by atoms with Crippen molar-refractivity contribution in [2.24, 2.45) is 0 Å². The number of furan rings is 1. The monoisotopic (exact) mass is 289 g/mol. The molecule has 5 heteroatoms. The summed E-state index contributed by atoms with van der Waals surface area (Å²) in [6.07, 6.45) is 3.46. The molecule has 0 aliphatic rings. The van der Waals surface area contributed by atoms with Crippen LogP contribution in [0, 0.1) is 0 Å². The van der Waals surface area contributed by atoms with Crippen LogP contribution in [0.5, 0.6) is 0 Å². The van der Waals surface area contributed by atoms with Gasteiger partial charge < -0.3 is 14.6 Å². The van der Waals surface area contributed by atoms with E-state index in [-0.39, 0.29) is 0 Å². The Morgan fingerprint density at radius 2 is 2.15 bits per heavy atom. The maximum Gasteiger partial charge on any atom is 0.169 e. The van der Waals surface area contributed by atoms with Gasteiger partial charge in [0.25, 0.3) is 0 Å². The van der Waals surface area contributed by atoms with Gasteiger partial charge in [-0.25, -0.2) is 0 Å². The first-order valence-corrected chi connectivity index (χ1v) is 7.03.